The maximum absolute atomic E-state index is 13.1. The molecule has 0 aliphatic carbocycles. The van der Waals surface area contributed by atoms with Gasteiger partial charge in [-0.05, 0) is 66.9 Å². The number of urea groups is 1. The number of hydrogen-bond acceptors (Lipinski definition) is 4. The summed E-state index contributed by atoms with van der Waals surface area (Å²) in [6.45, 7) is 8.62. The molecule has 9 heteroatoms. The molecule has 0 aliphatic heterocycles. The van der Waals surface area contributed by atoms with Crippen molar-refractivity contribution in [2.24, 2.45) is 0 Å². The van der Waals surface area contributed by atoms with E-state index in [1.54, 1.807) is 36.5 Å². The zero-order valence-corrected chi connectivity index (χ0v) is 24.3. The van der Waals surface area contributed by atoms with Crippen LogP contribution in [-0.4, -0.2) is 23.0 Å². The number of alkyl halides is 3. The summed E-state index contributed by atoms with van der Waals surface area (Å²) in [7, 11) is 1.86. The maximum atomic E-state index is 13.1. The largest absolute Gasteiger partial charge is 0.437 e. The van der Waals surface area contributed by atoms with Crippen LogP contribution in [0.15, 0.2) is 91.1 Å². The number of hydrogen-bond donors (Lipinski definition) is 2. The molecule has 1 unspecified atom stereocenters. The third-order valence-electron chi connectivity index (χ3n) is 6.92. The van der Waals surface area contributed by atoms with Crippen LogP contribution in [0.3, 0.4) is 0 Å². The van der Waals surface area contributed by atoms with E-state index in [-0.39, 0.29) is 17.3 Å². The van der Waals surface area contributed by atoms with Gasteiger partial charge in [0.25, 0.3) is 0 Å². The first-order chi connectivity index (χ1) is 19.8. The summed E-state index contributed by atoms with van der Waals surface area (Å²) in [6, 6.07) is 23.3. The Morgan fingerprint density at radius 2 is 1.64 bits per heavy atom. The summed E-state index contributed by atoms with van der Waals surface area (Å²) in [5.41, 5.74) is 2.74. The lowest BCUT2D eigenvalue weighted by Crippen LogP contribution is -2.22. The Kier molecular flexibility index (Phi) is 9.21. The topological polar surface area (TPSA) is 66.5 Å². The predicted octanol–water partition coefficient (Wildman–Crippen LogP) is 9.03. The zero-order valence-electron chi connectivity index (χ0n) is 24.3. The molecule has 1 atom stereocenters. The van der Waals surface area contributed by atoms with Gasteiger partial charge in [0, 0.05) is 30.0 Å². The van der Waals surface area contributed by atoms with Crippen LogP contribution in [0.2, 0.25) is 0 Å². The third kappa shape index (κ3) is 7.88. The second kappa shape index (κ2) is 12.7. The molecule has 0 bridgehead atoms. The number of carbonyl (C=O) groups excluding carboxylic acids is 1. The van der Waals surface area contributed by atoms with Gasteiger partial charge in [-0.15, -0.1) is 0 Å². The number of halogens is 3. The van der Waals surface area contributed by atoms with Crippen LogP contribution in [0, 0.1) is 0 Å². The number of nitrogens with zero attached hydrogens (tertiary/aromatic N) is 2. The van der Waals surface area contributed by atoms with E-state index in [1.165, 1.54) is 12.1 Å². The summed E-state index contributed by atoms with van der Waals surface area (Å²) >= 11 is 0. The first kappa shape index (κ1) is 30.6. The Bertz CT molecular complexity index is 1510. The van der Waals surface area contributed by atoms with Crippen LogP contribution in [-0.2, 0) is 18.1 Å². The Morgan fingerprint density at radius 1 is 0.929 bits per heavy atom. The second-order valence-corrected chi connectivity index (χ2v) is 11.2. The highest BCUT2D eigenvalue weighted by molar-refractivity contribution is 6.00. The van der Waals surface area contributed by atoms with Crippen molar-refractivity contribution in [3.8, 4) is 11.6 Å². The Balaban J connectivity index is 1.38. The molecule has 0 fully saturated rings. The van der Waals surface area contributed by atoms with Crippen molar-refractivity contribution < 1.29 is 22.7 Å². The van der Waals surface area contributed by atoms with E-state index < -0.39 is 17.8 Å². The lowest BCUT2D eigenvalue weighted by Gasteiger charge is -2.25. The standard InChI is InChI=1S/C33H35F3N4O2/c1-22(40(5)21-23-10-8-11-25(20-23)33(34,35)36)24-15-17-26(18-16-24)38-31(41)39-28-13-9-19-37-30(28)42-29-14-7-6-12-27(29)32(2,3)4/h6-20,22H,21H2,1-5H3,(H2,38,39,41). The average molecular weight is 577 g/mol. The number of anilines is 2. The number of nitrogens with one attached hydrogen (secondary N) is 2. The van der Waals surface area contributed by atoms with Crippen molar-refractivity contribution in [2.45, 2.75) is 51.9 Å². The number of amides is 2. The van der Waals surface area contributed by atoms with Crippen LogP contribution in [0.1, 0.15) is 56.0 Å². The smallest absolute Gasteiger partial charge is 0.416 e. The summed E-state index contributed by atoms with van der Waals surface area (Å²) in [4.78, 5) is 19.1. The van der Waals surface area contributed by atoms with E-state index >= 15 is 0 Å². The fourth-order valence-electron chi connectivity index (χ4n) is 4.50. The number of para-hydroxylation sites is 1. The second-order valence-electron chi connectivity index (χ2n) is 11.2. The Labute approximate surface area is 244 Å². The van der Waals surface area contributed by atoms with Crippen molar-refractivity contribution in [1.29, 1.82) is 0 Å². The van der Waals surface area contributed by atoms with Gasteiger partial charge in [-0.1, -0.05) is 69.3 Å². The SMILES string of the molecule is CC(c1ccc(NC(=O)Nc2cccnc2Oc2ccccc2C(C)(C)C)cc1)N(C)Cc1cccc(C(F)(F)F)c1. The van der Waals surface area contributed by atoms with E-state index in [0.29, 0.717) is 29.2 Å². The van der Waals surface area contributed by atoms with Gasteiger partial charge in [0.1, 0.15) is 11.4 Å². The quantitative estimate of drug-likeness (QED) is 0.220. The number of pyridine rings is 1. The van der Waals surface area contributed by atoms with Crippen molar-refractivity contribution in [3.05, 3.63) is 113 Å². The molecule has 0 saturated carbocycles. The number of rotatable bonds is 8. The van der Waals surface area contributed by atoms with Crippen LogP contribution in [0.4, 0.5) is 29.3 Å². The molecule has 0 spiro atoms. The van der Waals surface area contributed by atoms with Gasteiger partial charge in [-0.3, -0.25) is 4.90 Å². The van der Waals surface area contributed by atoms with Gasteiger partial charge in [-0.2, -0.15) is 13.2 Å². The molecular formula is C33H35F3N4O2. The molecule has 6 nitrogen and oxygen atoms in total. The van der Waals surface area contributed by atoms with Gasteiger partial charge in [0.2, 0.25) is 5.88 Å². The molecule has 0 radical (unpaired) electrons. The van der Waals surface area contributed by atoms with E-state index in [4.69, 9.17) is 4.74 Å². The maximum Gasteiger partial charge on any atom is 0.416 e. The number of carbonyl (C=O) groups is 1. The molecule has 1 heterocycles. The van der Waals surface area contributed by atoms with Crippen LogP contribution >= 0.6 is 0 Å². The van der Waals surface area contributed by atoms with Gasteiger partial charge in [0.05, 0.1) is 5.56 Å². The Hall–Kier alpha value is -4.37. The first-order valence-corrected chi connectivity index (χ1v) is 13.6. The third-order valence-corrected chi connectivity index (χ3v) is 6.92. The zero-order chi connectivity index (χ0) is 30.5. The van der Waals surface area contributed by atoms with Crippen molar-refractivity contribution >= 4 is 17.4 Å². The Morgan fingerprint density at radius 3 is 2.33 bits per heavy atom. The van der Waals surface area contributed by atoms with E-state index in [2.05, 4.69) is 36.4 Å². The fourth-order valence-corrected chi connectivity index (χ4v) is 4.50. The summed E-state index contributed by atoms with van der Waals surface area (Å²) in [5, 5.41) is 5.63. The van der Waals surface area contributed by atoms with Crippen LogP contribution in [0.25, 0.3) is 0 Å². The highest BCUT2D eigenvalue weighted by atomic mass is 19.4. The molecule has 4 rings (SSSR count). The van der Waals surface area contributed by atoms with E-state index in [0.717, 1.165) is 17.2 Å². The van der Waals surface area contributed by atoms with Crippen LogP contribution in [0.5, 0.6) is 11.6 Å². The van der Waals surface area contributed by atoms with Crippen LogP contribution < -0.4 is 15.4 Å². The fraction of sp³-hybridized carbons (Fsp3) is 0.273. The van der Waals surface area contributed by atoms with E-state index in [1.807, 2.05) is 55.3 Å². The molecule has 2 N–H and O–H groups in total. The molecule has 0 aliphatic rings. The average Bonchev–Trinajstić information content (AvgIpc) is 2.93. The summed E-state index contributed by atoms with van der Waals surface area (Å²) in [6.07, 6.45) is -2.78. The van der Waals surface area contributed by atoms with Gasteiger partial charge < -0.3 is 15.4 Å². The predicted molar refractivity (Wildman–Crippen MR) is 160 cm³/mol. The minimum atomic E-state index is -4.38. The molecule has 0 saturated heterocycles. The highest BCUT2D eigenvalue weighted by Crippen LogP contribution is 2.35. The van der Waals surface area contributed by atoms with Crippen molar-refractivity contribution in [2.75, 3.05) is 17.7 Å². The van der Waals surface area contributed by atoms with Crippen molar-refractivity contribution in [3.63, 3.8) is 0 Å². The number of aromatic nitrogens is 1. The normalized spacial score (nSPS) is 12.6. The molecule has 220 valence electrons. The lowest BCUT2D eigenvalue weighted by atomic mass is 9.86. The summed E-state index contributed by atoms with van der Waals surface area (Å²) in [5.74, 6) is 0.937. The first-order valence-electron chi connectivity index (χ1n) is 13.6. The number of ether oxygens (including phenoxy) is 1. The van der Waals surface area contributed by atoms with Crippen molar-refractivity contribution in [1.82, 2.24) is 9.88 Å². The minimum absolute atomic E-state index is 0.0755. The molecule has 4 aromatic rings. The monoisotopic (exact) mass is 576 g/mol. The molecular weight excluding hydrogens is 541 g/mol. The van der Waals surface area contributed by atoms with Gasteiger partial charge in [0.15, 0.2) is 0 Å². The van der Waals surface area contributed by atoms with E-state index in [9.17, 15) is 18.0 Å². The molecule has 2 amide bonds. The minimum Gasteiger partial charge on any atom is -0.437 e. The van der Waals surface area contributed by atoms with Gasteiger partial charge in [-0.25, -0.2) is 9.78 Å². The molecule has 1 aromatic heterocycles. The lowest BCUT2D eigenvalue weighted by molar-refractivity contribution is -0.137. The molecule has 3 aromatic carbocycles. The number of benzene rings is 3. The molecule has 42 heavy (non-hydrogen) atoms. The van der Waals surface area contributed by atoms with Gasteiger partial charge >= 0.3 is 12.2 Å². The highest BCUT2D eigenvalue weighted by Gasteiger charge is 2.30. The summed E-state index contributed by atoms with van der Waals surface area (Å²) < 4.78 is 45.4.